The van der Waals surface area contributed by atoms with Crippen LogP contribution in [0, 0.1) is 18.7 Å². The predicted octanol–water partition coefficient (Wildman–Crippen LogP) is 2.97. The summed E-state index contributed by atoms with van der Waals surface area (Å²) in [5, 5.41) is 0. The highest BCUT2D eigenvalue weighted by Gasteiger charge is 2.46. The van der Waals surface area contributed by atoms with Crippen molar-refractivity contribution in [1.82, 2.24) is 4.90 Å². The zero-order valence-electron chi connectivity index (χ0n) is 16.9. The molecular formula is C21H21F4N3O3. The molecule has 2 heterocycles. The number of carbonyl (C=O) groups is 3. The summed E-state index contributed by atoms with van der Waals surface area (Å²) in [5.74, 6) is -4.96. The fourth-order valence-corrected chi connectivity index (χ4v) is 3.71. The van der Waals surface area contributed by atoms with Crippen molar-refractivity contribution in [2.24, 2.45) is 11.7 Å². The van der Waals surface area contributed by atoms with Gasteiger partial charge in [-0.1, -0.05) is 6.08 Å². The lowest BCUT2D eigenvalue weighted by Gasteiger charge is -2.32. The Hall–Kier alpha value is -3.17. The van der Waals surface area contributed by atoms with Crippen LogP contribution in [0.25, 0.3) is 0 Å². The molecule has 0 radical (unpaired) electrons. The number of ketones is 1. The minimum absolute atomic E-state index is 0.0206. The molecule has 0 saturated heterocycles. The van der Waals surface area contributed by atoms with Crippen LogP contribution < -0.4 is 10.6 Å². The predicted molar refractivity (Wildman–Crippen MR) is 104 cm³/mol. The first-order valence-corrected chi connectivity index (χ1v) is 9.63. The number of halogens is 4. The number of rotatable bonds is 5. The molecule has 0 bridgehead atoms. The van der Waals surface area contributed by atoms with Gasteiger partial charge < -0.3 is 10.6 Å². The van der Waals surface area contributed by atoms with E-state index >= 15 is 0 Å². The molecule has 2 N–H and O–H groups in total. The van der Waals surface area contributed by atoms with E-state index in [0.29, 0.717) is 30.0 Å². The Labute approximate surface area is 176 Å². The number of Topliss-reactive ketones (excluding diaryl/α,β-unsaturated/α-hetero) is 1. The SMILES string of the molecule is Cc1cc(N(C(=O)C(=O)C2=CC(C(N)=O)C3=CCCCN23)[C@@H](C)C(F)(F)F)ccc1F. The van der Waals surface area contributed by atoms with E-state index in [9.17, 15) is 31.9 Å². The lowest BCUT2D eigenvalue weighted by Crippen LogP contribution is -2.51. The molecule has 0 saturated carbocycles. The number of amides is 2. The van der Waals surface area contributed by atoms with Crippen LogP contribution in [0.15, 0.2) is 41.7 Å². The van der Waals surface area contributed by atoms with Crippen LogP contribution in [0.1, 0.15) is 25.3 Å². The van der Waals surface area contributed by atoms with E-state index in [4.69, 9.17) is 5.73 Å². The normalized spacial score (nSPS) is 19.3. The molecule has 3 rings (SSSR count). The van der Waals surface area contributed by atoms with Gasteiger partial charge in [-0.2, -0.15) is 13.2 Å². The third-order valence-electron chi connectivity index (χ3n) is 5.42. The zero-order valence-corrected chi connectivity index (χ0v) is 16.9. The molecule has 0 aromatic heterocycles. The van der Waals surface area contributed by atoms with Crippen LogP contribution in [0.3, 0.4) is 0 Å². The summed E-state index contributed by atoms with van der Waals surface area (Å²) >= 11 is 0. The van der Waals surface area contributed by atoms with Gasteiger partial charge in [0.15, 0.2) is 0 Å². The molecule has 2 amide bonds. The molecule has 6 nitrogen and oxygen atoms in total. The molecule has 2 aliphatic heterocycles. The van der Waals surface area contributed by atoms with Crippen molar-refractivity contribution in [3.8, 4) is 0 Å². The van der Waals surface area contributed by atoms with Crippen LogP contribution in [0.5, 0.6) is 0 Å². The summed E-state index contributed by atoms with van der Waals surface area (Å²) in [6.07, 6.45) is -0.626. The summed E-state index contributed by atoms with van der Waals surface area (Å²) in [5.41, 5.74) is 5.41. The van der Waals surface area contributed by atoms with Crippen molar-refractivity contribution in [2.75, 3.05) is 11.4 Å². The molecular weight excluding hydrogens is 418 g/mol. The Kier molecular flexibility index (Phi) is 5.93. The molecule has 10 heteroatoms. The number of fused-ring (bicyclic) bond motifs is 1. The van der Waals surface area contributed by atoms with E-state index in [0.717, 1.165) is 25.1 Å². The highest BCUT2D eigenvalue weighted by atomic mass is 19.4. The number of hydrogen-bond acceptors (Lipinski definition) is 4. The molecule has 0 spiro atoms. The van der Waals surface area contributed by atoms with E-state index in [1.807, 2.05) is 0 Å². The van der Waals surface area contributed by atoms with Crippen LogP contribution in [-0.2, 0) is 14.4 Å². The first kappa shape index (κ1) is 22.5. The number of nitrogens with two attached hydrogens (primary N) is 1. The zero-order chi connectivity index (χ0) is 23.1. The van der Waals surface area contributed by atoms with Crippen molar-refractivity contribution in [2.45, 2.75) is 38.9 Å². The summed E-state index contributed by atoms with van der Waals surface area (Å²) in [7, 11) is 0. The second kappa shape index (κ2) is 8.16. The molecule has 31 heavy (non-hydrogen) atoms. The topological polar surface area (TPSA) is 83.7 Å². The first-order valence-electron chi connectivity index (χ1n) is 9.63. The smallest absolute Gasteiger partial charge is 0.369 e. The largest absolute Gasteiger partial charge is 0.408 e. The summed E-state index contributed by atoms with van der Waals surface area (Å²) in [4.78, 5) is 39.6. The number of aryl methyl sites for hydroxylation is 1. The van der Waals surface area contributed by atoms with Gasteiger partial charge in [-0.25, -0.2) is 4.39 Å². The minimum atomic E-state index is -4.84. The number of carbonyl (C=O) groups excluding carboxylic acids is 3. The van der Waals surface area contributed by atoms with Gasteiger partial charge in [0.2, 0.25) is 5.91 Å². The van der Waals surface area contributed by atoms with E-state index in [1.54, 1.807) is 6.08 Å². The summed E-state index contributed by atoms with van der Waals surface area (Å²) in [6, 6.07) is 0.669. The minimum Gasteiger partial charge on any atom is -0.369 e. The fourth-order valence-electron chi connectivity index (χ4n) is 3.71. The second-order valence-corrected chi connectivity index (χ2v) is 7.51. The van der Waals surface area contributed by atoms with E-state index in [-0.39, 0.29) is 16.9 Å². The van der Waals surface area contributed by atoms with Crippen molar-refractivity contribution in [1.29, 1.82) is 0 Å². The van der Waals surface area contributed by atoms with Crippen molar-refractivity contribution >= 4 is 23.3 Å². The third kappa shape index (κ3) is 4.19. The van der Waals surface area contributed by atoms with E-state index < -0.39 is 41.6 Å². The lowest BCUT2D eigenvalue weighted by molar-refractivity contribution is -0.152. The number of alkyl halides is 3. The Bertz CT molecular complexity index is 1000. The number of hydrogen-bond donors (Lipinski definition) is 1. The molecule has 166 valence electrons. The van der Waals surface area contributed by atoms with Gasteiger partial charge in [0.05, 0.1) is 11.6 Å². The molecule has 0 fully saturated rings. The van der Waals surface area contributed by atoms with E-state index in [2.05, 4.69) is 0 Å². The third-order valence-corrected chi connectivity index (χ3v) is 5.42. The summed E-state index contributed by atoms with van der Waals surface area (Å²) in [6.45, 7) is 2.40. The fraction of sp³-hybridized carbons (Fsp3) is 0.381. The average Bonchev–Trinajstić information content (AvgIpc) is 3.09. The van der Waals surface area contributed by atoms with Crippen LogP contribution in [-0.4, -0.2) is 41.3 Å². The van der Waals surface area contributed by atoms with Gasteiger partial charge in [0.25, 0.3) is 5.78 Å². The van der Waals surface area contributed by atoms with Gasteiger partial charge in [-0.3, -0.25) is 19.3 Å². The van der Waals surface area contributed by atoms with Gasteiger partial charge in [-0.05, 0) is 56.5 Å². The molecule has 1 aromatic rings. The van der Waals surface area contributed by atoms with Gasteiger partial charge >= 0.3 is 12.1 Å². The highest BCUT2D eigenvalue weighted by Crippen LogP contribution is 2.36. The maximum atomic E-state index is 13.6. The Morgan fingerprint density at radius 1 is 1.26 bits per heavy atom. The number of nitrogens with zero attached hydrogens (tertiary/aromatic N) is 2. The van der Waals surface area contributed by atoms with Crippen molar-refractivity contribution < 1.29 is 31.9 Å². The molecule has 1 unspecified atom stereocenters. The van der Waals surface area contributed by atoms with Crippen LogP contribution in [0.4, 0.5) is 23.2 Å². The van der Waals surface area contributed by atoms with E-state index in [1.165, 1.54) is 17.9 Å². The first-order chi connectivity index (χ1) is 14.4. The number of primary amides is 1. The Balaban J connectivity index is 2.03. The van der Waals surface area contributed by atoms with Crippen molar-refractivity contribution in [3.05, 3.63) is 53.1 Å². The number of anilines is 1. The maximum absolute atomic E-state index is 13.6. The van der Waals surface area contributed by atoms with Crippen molar-refractivity contribution in [3.63, 3.8) is 0 Å². The van der Waals surface area contributed by atoms with Crippen LogP contribution in [0.2, 0.25) is 0 Å². The number of allylic oxidation sites excluding steroid dienone is 1. The highest BCUT2D eigenvalue weighted by molar-refractivity contribution is 6.47. The van der Waals surface area contributed by atoms with Gasteiger partial charge in [0, 0.05) is 17.9 Å². The van der Waals surface area contributed by atoms with Gasteiger partial charge in [-0.15, -0.1) is 0 Å². The molecule has 1 aromatic carbocycles. The Morgan fingerprint density at radius 3 is 2.52 bits per heavy atom. The molecule has 0 aliphatic carbocycles. The van der Waals surface area contributed by atoms with Gasteiger partial charge in [0.1, 0.15) is 11.9 Å². The number of benzene rings is 1. The standard InChI is InChI=1S/C21H21F4N3O3/c1-11-9-13(6-7-15(11)22)28(12(2)21(23,24)25)20(31)18(29)17-10-14(19(26)30)16-5-3-4-8-27(16)17/h5-7,9-10,12,14H,3-4,8H2,1-2H3,(H2,26,30)/t12-,14?/m0/s1. The summed E-state index contributed by atoms with van der Waals surface area (Å²) < 4.78 is 54.2. The Morgan fingerprint density at radius 2 is 1.94 bits per heavy atom. The lowest BCUT2D eigenvalue weighted by atomic mass is 10.0. The second-order valence-electron chi connectivity index (χ2n) is 7.51. The molecule has 2 atom stereocenters. The quantitative estimate of drug-likeness (QED) is 0.565. The maximum Gasteiger partial charge on any atom is 0.408 e. The van der Waals surface area contributed by atoms with Crippen LogP contribution >= 0.6 is 0 Å². The molecule has 2 aliphatic rings. The monoisotopic (exact) mass is 439 g/mol. The average molecular weight is 439 g/mol.